The van der Waals surface area contributed by atoms with E-state index in [1.807, 2.05) is 12.1 Å². The quantitative estimate of drug-likeness (QED) is 0.898. The van der Waals surface area contributed by atoms with Crippen LogP contribution >= 0.6 is 11.3 Å². The molecule has 1 aliphatic heterocycles. The van der Waals surface area contributed by atoms with Crippen LogP contribution in [-0.2, 0) is 4.79 Å². The number of carbonyl (C=O) groups excluding carboxylic acids is 1. The standard InChI is InChI=1S/C15H18N2OS/c18-15(4-1-11-5-7-16-10-11)17-13-2-3-14-12(9-13)6-8-19-14/h2-3,6,8-9,11,16H,1,4-5,7,10H2,(H,17,18). The monoisotopic (exact) mass is 274 g/mol. The summed E-state index contributed by atoms with van der Waals surface area (Å²) in [6.07, 6.45) is 2.81. The molecular weight excluding hydrogens is 256 g/mol. The van der Waals surface area contributed by atoms with Gasteiger partial charge in [0.2, 0.25) is 5.91 Å². The van der Waals surface area contributed by atoms with Gasteiger partial charge in [0.15, 0.2) is 0 Å². The number of fused-ring (bicyclic) bond motifs is 1. The van der Waals surface area contributed by atoms with Gasteiger partial charge < -0.3 is 10.6 Å². The average Bonchev–Trinajstić information content (AvgIpc) is 3.07. The van der Waals surface area contributed by atoms with Crippen molar-refractivity contribution < 1.29 is 4.79 Å². The molecule has 19 heavy (non-hydrogen) atoms. The van der Waals surface area contributed by atoms with Crippen molar-refractivity contribution in [1.29, 1.82) is 0 Å². The fourth-order valence-electron chi connectivity index (χ4n) is 2.56. The molecule has 0 spiro atoms. The van der Waals surface area contributed by atoms with Gasteiger partial charge in [-0.2, -0.15) is 0 Å². The van der Waals surface area contributed by atoms with Gasteiger partial charge >= 0.3 is 0 Å². The lowest BCUT2D eigenvalue weighted by molar-refractivity contribution is -0.116. The topological polar surface area (TPSA) is 41.1 Å². The maximum absolute atomic E-state index is 11.9. The summed E-state index contributed by atoms with van der Waals surface area (Å²) in [7, 11) is 0. The SMILES string of the molecule is O=C(CCC1CCNC1)Nc1ccc2sccc2c1. The number of benzene rings is 1. The molecule has 0 bridgehead atoms. The van der Waals surface area contributed by atoms with E-state index >= 15 is 0 Å². The van der Waals surface area contributed by atoms with Crippen molar-refractivity contribution >= 4 is 33.0 Å². The zero-order valence-electron chi connectivity index (χ0n) is 10.8. The first-order chi connectivity index (χ1) is 9.31. The van der Waals surface area contributed by atoms with Crippen molar-refractivity contribution in [1.82, 2.24) is 5.32 Å². The van der Waals surface area contributed by atoms with Crippen molar-refractivity contribution in [3.05, 3.63) is 29.6 Å². The zero-order valence-corrected chi connectivity index (χ0v) is 11.6. The highest BCUT2D eigenvalue weighted by Crippen LogP contribution is 2.24. The minimum atomic E-state index is 0.126. The van der Waals surface area contributed by atoms with E-state index in [0.29, 0.717) is 12.3 Å². The second-order valence-corrected chi connectivity index (χ2v) is 6.07. The summed E-state index contributed by atoms with van der Waals surface area (Å²) in [5, 5.41) is 9.60. The summed E-state index contributed by atoms with van der Waals surface area (Å²) in [5.41, 5.74) is 0.903. The maximum atomic E-state index is 11.9. The van der Waals surface area contributed by atoms with Gasteiger partial charge in [-0.15, -0.1) is 11.3 Å². The molecule has 0 radical (unpaired) electrons. The fourth-order valence-corrected chi connectivity index (χ4v) is 3.33. The average molecular weight is 274 g/mol. The summed E-state index contributed by atoms with van der Waals surface area (Å²) in [5.74, 6) is 0.798. The Balaban J connectivity index is 1.55. The molecule has 3 nitrogen and oxygen atoms in total. The molecule has 1 aromatic carbocycles. The third-order valence-electron chi connectivity index (χ3n) is 3.68. The van der Waals surface area contributed by atoms with Crippen molar-refractivity contribution in [2.75, 3.05) is 18.4 Å². The third-order valence-corrected chi connectivity index (χ3v) is 4.58. The summed E-state index contributed by atoms with van der Waals surface area (Å²) < 4.78 is 1.26. The Morgan fingerprint density at radius 2 is 2.37 bits per heavy atom. The van der Waals surface area contributed by atoms with Crippen LogP contribution in [0.5, 0.6) is 0 Å². The first-order valence-corrected chi connectivity index (χ1v) is 7.67. The Kier molecular flexibility index (Phi) is 3.80. The zero-order chi connectivity index (χ0) is 13.1. The summed E-state index contributed by atoms with van der Waals surface area (Å²) in [4.78, 5) is 11.9. The highest BCUT2D eigenvalue weighted by atomic mass is 32.1. The van der Waals surface area contributed by atoms with E-state index in [-0.39, 0.29) is 5.91 Å². The molecule has 1 saturated heterocycles. The van der Waals surface area contributed by atoms with Crippen LogP contribution < -0.4 is 10.6 Å². The van der Waals surface area contributed by atoms with Crippen molar-refractivity contribution in [2.45, 2.75) is 19.3 Å². The maximum Gasteiger partial charge on any atom is 0.224 e. The van der Waals surface area contributed by atoms with E-state index in [1.165, 1.54) is 16.5 Å². The molecule has 1 atom stereocenters. The Bertz CT molecular complexity index is 572. The van der Waals surface area contributed by atoms with Gasteiger partial charge in [-0.25, -0.2) is 0 Å². The molecule has 4 heteroatoms. The molecule has 1 aromatic heterocycles. The Morgan fingerprint density at radius 1 is 1.42 bits per heavy atom. The predicted octanol–water partition coefficient (Wildman–Crippen LogP) is 3.23. The van der Waals surface area contributed by atoms with Crippen LogP contribution in [0.25, 0.3) is 10.1 Å². The van der Waals surface area contributed by atoms with Gasteiger partial charge in [0.1, 0.15) is 0 Å². The molecule has 3 rings (SSSR count). The molecule has 100 valence electrons. The predicted molar refractivity (Wildman–Crippen MR) is 80.7 cm³/mol. The molecule has 2 aromatic rings. The van der Waals surface area contributed by atoms with Gasteiger partial charge in [-0.1, -0.05) is 0 Å². The van der Waals surface area contributed by atoms with E-state index < -0.39 is 0 Å². The van der Waals surface area contributed by atoms with Gasteiger partial charge in [0.25, 0.3) is 0 Å². The molecule has 1 fully saturated rings. The smallest absolute Gasteiger partial charge is 0.224 e. The molecular formula is C15H18N2OS. The molecule has 0 aliphatic carbocycles. The minimum Gasteiger partial charge on any atom is -0.326 e. The highest BCUT2D eigenvalue weighted by Gasteiger charge is 2.15. The van der Waals surface area contributed by atoms with E-state index in [2.05, 4.69) is 28.1 Å². The first-order valence-electron chi connectivity index (χ1n) is 6.79. The molecule has 1 unspecified atom stereocenters. The largest absolute Gasteiger partial charge is 0.326 e. The number of nitrogens with one attached hydrogen (secondary N) is 2. The third kappa shape index (κ3) is 3.14. The lowest BCUT2D eigenvalue weighted by atomic mass is 10.0. The van der Waals surface area contributed by atoms with Crippen LogP contribution in [0.1, 0.15) is 19.3 Å². The van der Waals surface area contributed by atoms with E-state index in [9.17, 15) is 4.79 Å². The van der Waals surface area contributed by atoms with Crippen LogP contribution in [0.15, 0.2) is 29.6 Å². The normalized spacial score (nSPS) is 18.8. The summed E-state index contributed by atoms with van der Waals surface area (Å²) in [6, 6.07) is 8.17. The molecule has 0 saturated carbocycles. The molecule has 1 aliphatic rings. The van der Waals surface area contributed by atoms with Crippen LogP contribution in [0.3, 0.4) is 0 Å². The molecule has 2 heterocycles. The molecule has 2 N–H and O–H groups in total. The van der Waals surface area contributed by atoms with Gasteiger partial charge in [-0.05, 0) is 66.9 Å². The number of thiophene rings is 1. The van der Waals surface area contributed by atoms with Gasteiger partial charge in [0, 0.05) is 16.8 Å². The number of hydrogen-bond donors (Lipinski definition) is 2. The van der Waals surface area contributed by atoms with Gasteiger partial charge in [0.05, 0.1) is 0 Å². The second-order valence-electron chi connectivity index (χ2n) is 5.12. The van der Waals surface area contributed by atoms with Gasteiger partial charge in [-0.3, -0.25) is 4.79 Å². The highest BCUT2D eigenvalue weighted by molar-refractivity contribution is 7.17. The fraction of sp³-hybridized carbons (Fsp3) is 0.400. The number of hydrogen-bond acceptors (Lipinski definition) is 3. The van der Waals surface area contributed by atoms with E-state index in [4.69, 9.17) is 0 Å². The van der Waals surface area contributed by atoms with Crippen LogP contribution in [-0.4, -0.2) is 19.0 Å². The Labute approximate surface area is 117 Å². The number of amides is 1. The van der Waals surface area contributed by atoms with Crippen LogP contribution in [0, 0.1) is 5.92 Å². The van der Waals surface area contributed by atoms with Crippen LogP contribution in [0.2, 0.25) is 0 Å². The first kappa shape index (κ1) is 12.6. The Morgan fingerprint density at radius 3 is 3.21 bits per heavy atom. The summed E-state index contributed by atoms with van der Waals surface area (Å²) in [6.45, 7) is 2.16. The Hall–Kier alpha value is -1.39. The van der Waals surface area contributed by atoms with Crippen LogP contribution in [0.4, 0.5) is 5.69 Å². The lowest BCUT2D eigenvalue weighted by Gasteiger charge is -2.08. The van der Waals surface area contributed by atoms with Crippen molar-refractivity contribution in [2.24, 2.45) is 5.92 Å². The minimum absolute atomic E-state index is 0.126. The number of anilines is 1. The number of rotatable bonds is 4. The molecule has 1 amide bonds. The summed E-state index contributed by atoms with van der Waals surface area (Å²) >= 11 is 1.72. The number of carbonyl (C=O) groups is 1. The van der Waals surface area contributed by atoms with E-state index in [1.54, 1.807) is 11.3 Å². The van der Waals surface area contributed by atoms with E-state index in [0.717, 1.165) is 25.2 Å². The van der Waals surface area contributed by atoms with Crippen molar-refractivity contribution in [3.8, 4) is 0 Å². The lowest BCUT2D eigenvalue weighted by Crippen LogP contribution is -2.14. The van der Waals surface area contributed by atoms with Crippen molar-refractivity contribution in [3.63, 3.8) is 0 Å². The second kappa shape index (κ2) is 5.72.